The summed E-state index contributed by atoms with van der Waals surface area (Å²) >= 11 is 6.21. The van der Waals surface area contributed by atoms with E-state index in [4.69, 9.17) is 11.6 Å². The van der Waals surface area contributed by atoms with Crippen LogP contribution in [0.5, 0.6) is 0 Å². The van der Waals surface area contributed by atoms with Gasteiger partial charge in [-0.2, -0.15) is 0 Å². The molecule has 2 heterocycles. The molecule has 1 aliphatic heterocycles. The average molecular weight is 331 g/mol. The number of piperidine rings is 1. The zero-order valence-electron chi connectivity index (χ0n) is 12.8. The van der Waals surface area contributed by atoms with Crippen molar-refractivity contribution >= 4 is 17.5 Å². The molecule has 0 atom stereocenters. The number of likely N-dealkylation sites (tertiary alicyclic amines) is 1. The number of hydrogen-bond acceptors (Lipinski definition) is 4. The van der Waals surface area contributed by atoms with Gasteiger partial charge in [-0.1, -0.05) is 29.8 Å². The van der Waals surface area contributed by atoms with Gasteiger partial charge >= 0.3 is 0 Å². The van der Waals surface area contributed by atoms with Crippen molar-refractivity contribution in [3.8, 4) is 0 Å². The predicted octanol–water partition coefficient (Wildman–Crippen LogP) is 2.52. The lowest BCUT2D eigenvalue weighted by Gasteiger charge is -2.32. The standard InChI is InChI=1S/C17H19ClN4O/c18-15-4-2-1-3-13(15)12-22-9-5-14(6-10-22)21-17(23)16-11-19-7-8-20-16/h1-4,7-8,11,14H,5-6,9-10,12H2,(H,21,23). The number of aromatic nitrogens is 2. The van der Waals surface area contributed by atoms with E-state index in [9.17, 15) is 4.79 Å². The molecule has 0 saturated carbocycles. The summed E-state index contributed by atoms with van der Waals surface area (Å²) in [5.41, 5.74) is 1.52. The Morgan fingerprint density at radius 3 is 2.74 bits per heavy atom. The molecule has 1 amide bonds. The molecule has 0 spiro atoms. The van der Waals surface area contributed by atoms with Crippen LogP contribution >= 0.6 is 11.6 Å². The quantitative estimate of drug-likeness (QED) is 0.936. The summed E-state index contributed by atoms with van der Waals surface area (Å²) in [6.45, 7) is 2.73. The van der Waals surface area contributed by atoms with Gasteiger partial charge in [-0.15, -0.1) is 0 Å². The molecule has 1 aromatic heterocycles. The van der Waals surface area contributed by atoms with Crippen LogP contribution in [0.3, 0.4) is 0 Å². The maximum absolute atomic E-state index is 12.1. The van der Waals surface area contributed by atoms with Gasteiger partial charge < -0.3 is 5.32 Å². The molecule has 1 saturated heterocycles. The van der Waals surface area contributed by atoms with Crippen LogP contribution in [-0.4, -0.2) is 39.9 Å². The summed E-state index contributed by atoms with van der Waals surface area (Å²) in [5.74, 6) is -0.150. The highest BCUT2D eigenvalue weighted by molar-refractivity contribution is 6.31. The van der Waals surface area contributed by atoms with Gasteiger partial charge in [0.15, 0.2) is 0 Å². The van der Waals surface area contributed by atoms with Gasteiger partial charge in [0.25, 0.3) is 5.91 Å². The fourth-order valence-corrected chi connectivity index (χ4v) is 2.97. The van der Waals surface area contributed by atoms with E-state index in [1.165, 1.54) is 12.4 Å². The maximum Gasteiger partial charge on any atom is 0.271 e. The van der Waals surface area contributed by atoms with Crippen molar-refractivity contribution in [2.75, 3.05) is 13.1 Å². The van der Waals surface area contributed by atoms with Gasteiger partial charge in [-0.3, -0.25) is 14.7 Å². The van der Waals surface area contributed by atoms with Crippen LogP contribution in [0.1, 0.15) is 28.9 Å². The number of carbonyl (C=O) groups is 1. The largest absolute Gasteiger partial charge is 0.348 e. The summed E-state index contributed by atoms with van der Waals surface area (Å²) in [6.07, 6.45) is 6.43. The third kappa shape index (κ3) is 4.27. The number of nitrogens with zero attached hydrogens (tertiary/aromatic N) is 3. The van der Waals surface area contributed by atoms with Gasteiger partial charge in [0, 0.05) is 43.1 Å². The van der Waals surface area contributed by atoms with Crippen molar-refractivity contribution in [3.05, 3.63) is 59.1 Å². The Kier molecular flexibility index (Phi) is 5.20. The van der Waals surface area contributed by atoms with Crippen LogP contribution in [0.15, 0.2) is 42.9 Å². The maximum atomic E-state index is 12.1. The zero-order chi connectivity index (χ0) is 16.1. The molecule has 2 aromatic rings. The Morgan fingerprint density at radius 2 is 2.04 bits per heavy atom. The Labute approximate surface area is 140 Å². The summed E-state index contributed by atoms with van der Waals surface area (Å²) in [6, 6.07) is 8.12. The Morgan fingerprint density at radius 1 is 1.26 bits per heavy atom. The van der Waals surface area contributed by atoms with Crippen LogP contribution in [0.25, 0.3) is 0 Å². The first kappa shape index (κ1) is 15.9. The van der Waals surface area contributed by atoms with Crippen LogP contribution in [0.4, 0.5) is 0 Å². The van der Waals surface area contributed by atoms with Crippen LogP contribution < -0.4 is 5.32 Å². The second-order valence-corrected chi connectivity index (χ2v) is 6.11. The molecular weight excluding hydrogens is 312 g/mol. The number of carbonyl (C=O) groups excluding carboxylic acids is 1. The normalized spacial score (nSPS) is 16.2. The smallest absolute Gasteiger partial charge is 0.271 e. The summed E-state index contributed by atoms with van der Waals surface area (Å²) < 4.78 is 0. The van der Waals surface area contributed by atoms with Crippen molar-refractivity contribution in [1.29, 1.82) is 0 Å². The predicted molar refractivity (Wildman–Crippen MR) is 89.2 cm³/mol. The molecule has 6 heteroatoms. The van der Waals surface area contributed by atoms with Crippen LogP contribution in [-0.2, 0) is 6.54 Å². The van der Waals surface area contributed by atoms with Crippen LogP contribution in [0, 0.1) is 0 Å². The minimum Gasteiger partial charge on any atom is -0.348 e. The van der Waals surface area contributed by atoms with E-state index in [0.29, 0.717) is 5.69 Å². The minimum absolute atomic E-state index is 0.150. The molecule has 23 heavy (non-hydrogen) atoms. The topological polar surface area (TPSA) is 58.1 Å². The van der Waals surface area contributed by atoms with Crippen molar-refractivity contribution < 1.29 is 4.79 Å². The molecule has 3 rings (SSSR count). The monoisotopic (exact) mass is 330 g/mol. The number of halogens is 1. The number of rotatable bonds is 4. The molecule has 0 aliphatic carbocycles. The van der Waals surface area contributed by atoms with E-state index >= 15 is 0 Å². The first-order chi connectivity index (χ1) is 11.2. The second kappa shape index (κ2) is 7.53. The van der Waals surface area contributed by atoms with Crippen molar-refractivity contribution in [2.24, 2.45) is 0 Å². The average Bonchev–Trinajstić information content (AvgIpc) is 2.59. The van der Waals surface area contributed by atoms with E-state index < -0.39 is 0 Å². The molecule has 1 N–H and O–H groups in total. The molecule has 1 aromatic carbocycles. The highest BCUT2D eigenvalue weighted by Crippen LogP contribution is 2.19. The molecule has 0 radical (unpaired) electrons. The highest BCUT2D eigenvalue weighted by Gasteiger charge is 2.22. The Bertz CT molecular complexity index is 657. The molecular formula is C17H19ClN4O. The molecule has 120 valence electrons. The SMILES string of the molecule is O=C(NC1CCN(Cc2ccccc2Cl)CC1)c1cnccn1. The van der Waals surface area contributed by atoms with Crippen LogP contribution in [0.2, 0.25) is 5.02 Å². The second-order valence-electron chi connectivity index (χ2n) is 5.71. The van der Waals surface area contributed by atoms with Gasteiger partial charge in [0.1, 0.15) is 5.69 Å². The number of nitrogens with one attached hydrogen (secondary N) is 1. The molecule has 1 fully saturated rings. The van der Waals surface area contributed by atoms with E-state index in [1.54, 1.807) is 6.20 Å². The van der Waals surface area contributed by atoms with Gasteiger partial charge in [-0.05, 0) is 24.5 Å². The Hall–Kier alpha value is -1.98. The first-order valence-corrected chi connectivity index (χ1v) is 8.13. The van der Waals surface area contributed by atoms with E-state index in [1.807, 2.05) is 18.2 Å². The van der Waals surface area contributed by atoms with E-state index in [0.717, 1.165) is 43.1 Å². The molecule has 0 bridgehead atoms. The van der Waals surface area contributed by atoms with Gasteiger partial charge in [0.05, 0.1) is 6.20 Å². The van der Waals surface area contributed by atoms with Crippen molar-refractivity contribution in [2.45, 2.75) is 25.4 Å². The summed E-state index contributed by atoms with van der Waals surface area (Å²) in [5, 5.41) is 3.85. The molecule has 0 unspecified atom stereocenters. The zero-order valence-corrected chi connectivity index (χ0v) is 13.5. The highest BCUT2D eigenvalue weighted by atomic mass is 35.5. The number of amides is 1. The third-order valence-corrected chi connectivity index (χ3v) is 4.44. The Balaban J connectivity index is 1.49. The number of benzene rings is 1. The lowest BCUT2D eigenvalue weighted by atomic mass is 10.0. The lowest BCUT2D eigenvalue weighted by molar-refractivity contribution is 0.0903. The van der Waals surface area contributed by atoms with Crippen molar-refractivity contribution in [3.63, 3.8) is 0 Å². The van der Waals surface area contributed by atoms with E-state index in [2.05, 4.69) is 26.3 Å². The van der Waals surface area contributed by atoms with Crippen molar-refractivity contribution in [1.82, 2.24) is 20.2 Å². The molecule has 1 aliphatic rings. The fourth-order valence-electron chi connectivity index (χ4n) is 2.78. The molecule has 5 nitrogen and oxygen atoms in total. The van der Waals surface area contributed by atoms with Gasteiger partial charge in [0.2, 0.25) is 0 Å². The van der Waals surface area contributed by atoms with E-state index in [-0.39, 0.29) is 11.9 Å². The number of hydrogen-bond donors (Lipinski definition) is 1. The minimum atomic E-state index is -0.150. The summed E-state index contributed by atoms with van der Waals surface area (Å²) in [7, 11) is 0. The fraction of sp³-hybridized carbons (Fsp3) is 0.353. The summed E-state index contributed by atoms with van der Waals surface area (Å²) in [4.78, 5) is 22.4. The lowest BCUT2D eigenvalue weighted by Crippen LogP contribution is -2.44. The first-order valence-electron chi connectivity index (χ1n) is 7.75. The van der Waals surface area contributed by atoms with Gasteiger partial charge in [-0.25, -0.2) is 4.98 Å². The third-order valence-electron chi connectivity index (χ3n) is 4.07.